The Balaban J connectivity index is 2.34. The van der Waals surface area contributed by atoms with Gasteiger partial charge in [-0.2, -0.15) is 14.0 Å². The minimum Gasteiger partial charge on any atom is -0.495 e. The van der Waals surface area contributed by atoms with Crippen LogP contribution in [0.15, 0.2) is 42.0 Å². The maximum atomic E-state index is 12.5. The Bertz CT molecular complexity index is 924. The number of nitrogens with zero attached hydrogens (tertiary/aromatic N) is 1. The van der Waals surface area contributed by atoms with Crippen LogP contribution < -0.4 is 14.8 Å². The van der Waals surface area contributed by atoms with Crippen molar-refractivity contribution in [3.8, 4) is 17.6 Å². The summed E-state index contributed by atoms with van der Waals surface area (Å²) in [5, 5.41) is 12.3. The van der Waals surface area contributed by atoms with E-state index < -0.39 is 12.5 Å². The number of nitriles is 1. The van der Waals surface area contributed by atoms with E-state index in [1.54, 1.807) is 25.1 Å². The first-order chi connectivity index (χ1) is 12.8. The molecule has 0 fully saturated rings. The van der Waals surface area contributed by atoms with Crippen molar-refractivity contribution < 1.29 is 23.0 Å². The second-order valence-electron chi connectivity index (χ2n) is 5.34. The molecule has 0 atom stereocenters. The Kier molecular flexibility index (Phi) is 6.74. The Morgan fingerprint density at radius 2 is 2.00 bits per heavy atom. The van der Waals surface area contributed by atoms with Crippen molar-refractivity contribution in [1.82, 2.24) is 0 Å². The largest absolute Gasteiger partial charge is 0.495 e. The maximum Gasteiger partial charge on any atom is 0.387 e. The molecule has 0 unspecified atom stereocenters. The highest BCUT2D eigenvalue weighted by Crippen LogP contribution is 2.31. The van der Waals surface area contributed by atoms with Gasteiger partial charge in [0.15, 0.2) is 0 Å². The SMILES string of the molecule is COc1cc(Cl)c(C)cc1NC(=O)/C(C#N)=C/c1ccccc1OC(F)F. The van der Waals surface area contributed by atoms with E-state index in [2.05, 4.69) is 10.1 Å². The van der Waals surface area contributed by atoms with Gasteiger partial charge in [0.1, 0.15) is 23.1 Å². The van der Waals surface area contributed by atoms with Crippen LogP contribution >= 0.6 is 11.6 Å². The number of aryl methyl sites for hydroxylation is 1. The number of alkyl halides is 2. The van der Waals surface area contributed by atoms with Gasteiger partial charge in [0.2, 0.25) is 0 Å². The molecule has 0 spiro atoms. The molecule has 0 heterocycles. The summed E-state index contributed by atoms with van der Waals surface area (Å²) < 4.78 is 34.6. The lowest BCUT2D eigenvalue weighted by Crippen LogP contribution is -2.14. The molecule has 140 valence electrons. The Morgan fingerprint density at radius 3 is 2.63 bits per heavy atom. The highest BCUT2D eigenvalue weighted by molar-refractivity contribution is 6.31. The normalized spacial score (nSPS) is 11.1. The lowest BCUT2D eigenvalue weighted by Gasteiger charge is -2.12. The zero-order chi connectivity index (χ0) is 20.0. The number of hydrogen-bond acceptors (Lipinski definition) is 4. The van der Waals surface area contributed by atoms with Crippen molar-refractivity contribution in [2.24, 2.45) is 0 Å². The number of carbonyl (C=O) groups is 1. The third-order valence-corrected chi connectivity index (χ3v) is 3.94. The monoisotopic (exact) mass is 392 g/mol. The number of hydrogen-bond donors (Lipinski definition) is 1. The molecule has 2 aromatic rings. The second-order valence-corrected chi connectivity index (χ2v) is 5.75. The predicted octanol–water partition coefficient (Wildman–Crippen LogP) is 4.80. The van der Waals surface area contributed by atoms with Gasteiger partial charge in [-0.25, -0.2) is 0 Å². The fourth-order valence-electron chi connectivity index (χ4n) is 2.23. The number of halogens is 3. The number of ether oxygens (including phenoxy) is 2. The smallest absolute Gasteiger partial charge is 0.387 e. The maximum absolute atomic E-state index is 12.5. The minimum absolute atomic E-state index is 0.145. The molecule has 5 nitrogen and oxygen atoms in total. The molecular formula is C19H15ClF2N2O3. The molecule has 2 rings (SSSR count). The van der Waals surface area contributed by atoms with Crippen LogP contribution in [0.4, 0.5) is 14.5 Å². The Hall–Kier alpha value is -3.11. The molecular weight excluding hydrogens is 378 g/mol. The van der Waals surface area contributed by atoms with Crippen LogP contribution in [-0.2, 0) is 4.79 Å². The number of benzene rings is 2. The summed E-state index contributed by atoms with van der Waals surface area (Å²) in [5.74, 6) is -0.560. The van der Waals surface area contributed by atoms with Gasteiger partial charge in [0, 0.05) is 16.7 Å². The average molecular weight is 393 g/mol. The first kappa shape index (κ1) is 20.2. The van der Waals surface area contributed by atoms with E-state index in [0.29, 0.717) is 22.0 Å². The molecule has 8 heteroatoms. The van der Waals surface area contributed by atoms with Gasteiger partial charge in [0.05, 0.1) is 12.8 Å². The van der Waals surface area contributed by atoms with Crippen LogP contribution in [0.25, 0.3) is 6.08 Å². The van der Waals surface area contributed by atoms with Gasteiger partial charge in [-0.15, -0.1) is 0 Å². The third-order valence-electron chi connectivity index (χ3n) is 3.53. The van der Waals surface area contributed by atoms with E-state index in [9.17, 15) is 18.8 Å². The molecule has 0 radical (unpaired) electrons. The highest BCUT2D eigenvalue weighted by atomic mass is 35.5. The van der Waals surface area contributed by atoms with E-state index in [4.69, 9.17) is 16.3 Å². The third kappa shape index (κ3) is 5.19. The highest BCUT2D eigenvalue weighted by Gasteiger charge is 2.15. The summed E-state index contributed by atoms with van der Waals surface area (Å²) in [4.78, 5) is 12.5. The quantitative estimate of drug-likeness (QED) is 0.566. The van der Waals surface area contributed by atoms with Gasteiger partial charge >= 0.3 is 6.61 Å². The molecule has 0 aliphatic carbocycles. The van der Waals surface area contributed by atoms with E-state index in [1.807, 2.05) is 0 Å². The van der Waals surface area contributed by atoms with Crippen molar-refractivity contribution in [2.45, 2.75) is 13.5 Å². The molecule has 27 heavy (non-hydrogen) atoms. The van der Waals surface area contributed by atoms with Gasteiger partial charge in [0.25, 0.3) is 5.91 Å². The first-order valence-corrected chi connectivity index (χ1v) is 8.04. The van der Waals surface area contributed by atoms with Gasteiger partial charge < -0.3 is 14.8 Å². The summed E-state index contributed by atoms with van der Waals surface area (Å²) >= 11 is 6.03. The molecule has 0 aliphatic rings. The summed E-state index contributed by atoms with van der Waals surface area (Å²) in [6, 6.07) is 10.7. The van der Waals surface area contributed by atoms with Crippen LogP contribution in [0.1, 0.15) is 11.1 Å². The molecule has 0 saturated carbocycles. The van der Waals surface area contributed by atoms with Crippen molar-refractivity contribution >= 4 is 29.3 Å². The van der Waals surface area contributed by atoms with E-state index >= 15 is 0 Å². The molecule has 1 amide bonds. The van der Waals surface area contributed by atoms with Crippen LogP contribution in [-0.4, -0.2) is 19.6 Å². The molecule has 0 aliphatic heterocycles. The zero-order valence-corrected chi connectivity index (χ0v) is 15.2. The van der Waals surface area contributed by atoms with Crippen LogP contribution in [0, 0.1) is 18.3 Å². The number of amides is 1. The standard InChI is InChI=1S/C19H15ClF2N2O3/c1-11-7-15(17(26-2)9-14(11)20)24-18(25)13(10-23)8-12-5-3-4-6-16(12)27-19(21)22/h3-9,19H,1-2H3,(H,24,25)/b13-8+. The fourth-order valence-corrected chi connectivity index (χ4v) is 2.38. The average Bonchev–Trinajstić information content (AvgIpc) is 2.63. The van der Waals surface area contributed by atoms with Gasteiger partial charge in [-0.3, -0.25) is 4.79 Å². The number of nitrogens with one attached hydrogen (secondary N) is 1. The lowest BCUT2D eigenvalue weighted by molar-refractivity contribution is -0.112. The molecule has 2 aromatic carbocycles. The van der Waals surface area contributed by atoms with Gasteiger partial charge in [-0.05, 0) is 30.7 Å². The number of anilines is 1. The summed E-state index contributed by atoms with van der Waals surface area (Å²) in [7, 11) is 1.41. The van der Waals surface area contributed by atoms with E-state index in [-0.39, 0.29) is 16.9 Å². The first-order valence-electron chi connectivity index (χ1n) is 7.66. The molecule has 1 N–H and O–H groups in total. The Morgan fingerprint density at radius 1 is 1.30 bits per heavy atom. The lowest BCUT2D eigenvalue weighted by atomic mass is 10.1. The zero-order valence-electron chi connectivity index (χ0n) is 14.4. The number of carbonyl (C=O) groups excluding carboxylic acids is 1. The van der Waals surface area contributed by atoms with Crippen LogP contribution in [0.2, 0.25) is 5.02 Å². The van der Waals surface area contributed by atoms with Crippen molar-refractivity contribution in [2.75, 3.05) is 12.4 Å². The second kappa shape index (κ2) is 9.01. The topological polar surface area (TPSA) is 71.3 Å². The Labute approximate surface area is 159 Å². The van der Waals surface area contributed by atoms with Crippen molar-refractivity contribution in [3.05, 3.63) is 58.1 Å². The van der Waals surface area contributed by atoms with Crippen LogP contribution in [0.3, 0.4) is 0 Å². The van der Waals surface area contributed by atoms with Crippen LogP contribution in [0.5, 0.6) is 11.5 Å². The van der Waals surface area contributed by atoms with Gasteiger partial charge in [-0.1, -0.05) is 29.8 Å². The predicted molar refractivity (Wildman–Crippen MR) is 98.0 cm³/mol. The van der Waals surface area contributed by atoms with E-state index in [0.717, 1.165) is 0 Å². The fraction of sp³-hybridized carbons (Fsp3) is 0.158. The number of methoxy groups -OCH3 is 1. The number of rotatable bonds is 6. The molecule has 0 saturated heterocycles. The summed E-state index contributed by atoms with van der Waals surface area (Å²) in [5.41, 5.74) is 0.896. The summed E-state index contributed by atoms with van der Waals surface area (Å²) in [6.45, 7) is -1.28. The molecule has 0 bridgehead atoms. The van der Waals surface area contributed by atoms with Crippen molar-refractivity contribution in [1.29, 1.82) is 5.26 Å². The summed E-state index contributed by atoms with van der Waals surface area (Å²) in [6.07, 6.45) is 1.17. The van der Waals surface area contributed by atoms with E-state index in [1.165, 1.54) is 37.5 Å². The number of para-hydroxylation sites is 1. The minimum atomic E-state index is -3.03. The molecule has 0 aromatic heterocycles. The van der Waals surface area contributed by atoms with Crippen molar-refractivity contribution in [3.63, 3.8) is 0 Å².